The van der Waals surface area contributed by atoms with Gasteiger partial charge < -0.3 is 4.42 Å². The molecule has 3 aromatic heterocycles. The quantitative estimate of drug-likeness (QED) is 0.119. The van der Waals surface area contributed by atoms with Gasteiger partial charge in [-0.2, -0.15) is 10.5 Å². The van der Waals surface area contributed by atoms with Crippen molar-refractivity contribution in [2.24, 2.45) is 0 Å². The van der Waals surface area contributed by atoms with E-state index in [4.69, 9.17) is 24.4 Å². The molecule has 0 bridgehead atoms. The largest absolute Gasteiger partial charge is 0.456 e. The molecule has 117 heavy (non-hydrogen) atoms. The molecule has 2 aliphatic rings. The molecule has 21 aromatic rings. The summed E-state index contributed by atoms with van der Waals surface area (Å²) in [5.41, 5.74) is 33.8. The maximum absolute atomic E-state index is 9.73. The van der Waals surface area contributed by atoms with Gasteiger partial charge in [-0.25, -0.2) is 19.9 Å². The molecule has 2 aliphatic carbocycles. The summed E-state index contributed by atoms with van der Waals surface area (Å²) in [5.74, 6) is 1.35. The Labute approximate surface area is 675 Å². The fraction of sp³-hybridized carbons (Fsp3) is 0. The molecule has 540 valence electrons. The van der Waals surface area contributed by atoms with Gasteiger partial charge in [0.25, 0.3) is 0 Å². The topological polar surface area (TPSA) is 112 Å². The first-order valence-corrected chi connectivity index (χ1v) is 39.3. The Morgan fingerprint density at radius 3 is 1.03 bits per heavy atom. The van der Waals surface area contributed by atoms with E-state index in [0.717, 1.165) is 155 Å². The molecule has 0 radical (unpaired) electrons. The fourth-order valence-corrected chi connectivity index (χ4v) is 18.0. The van der Waals surface area contributed by atoms with Crippen LogP contribution in [-0.2, 0) is 0 Å². The van der Waals surface area contributed by atoms with Gasteiger partial charge >= 0.3 is 0 Å². The Morgan fingerprint density at radius 1 is 0.188 bits per heavy atom. The SMILES string of the molecule is N#Cc1ccc(-c2ccc3c4c(ccc(-c5c6ccccc6c(-c6nc(-c7ccccc7)cc(-c7ccc(-c8ccc9oc%10ccccc%10c9c8)cc7)n6)c6ccccc56)c24)-c2ccccc2-3)cc1.N#Cc1cccc(-c2ccc3c4c(ccc(-c5ccc(-c6nc(-c7ccccc7)cc(-c7ccccc7)n6)cc5)c24)-c2ccccc2-3)c1. The predicted octanol–water partition coefficient (Wildman–Crippen LogP) is 28.8. The zero-order valence-corrected chi connectivity index (χ0v) is 63.0. The van der Waals surface area contributed by atoms with Crippen LogP contribution < -0.4 is 0 Å². The summed E-state index contributed by atoms with van der Waals surface area (Å²) in [6.07, 6.45) is 0. The van der Waals surface area contributed by atoms with E-state index in [1.165, 1.54) is 66.1 Å². The first-order valence-electron chi connectivity index (χ1n) is 39.3. The van der Waals surface area contributed by atoms with Crippen LogP contribution in [0.1, 0.15) is 11.1 Å². The number of nitriles is 2. The van der Waals surface area contributed by atoms with E-state index in [1.807, 2.05) is 84.9 Å². The Hall–Kier alpha value is -16.1. The number of rotatable bonds is 11. The van der Waals surface area contributed by atoms with E-state index in [1.54, 1.807) is 0 Å². The molecular formula is C110H64N6O. The van der Waals surface area contributed by atoms with E-state index in [9.17, 15) is 10.5 Å². The van der Waals surface area contributed by atoms with Gasteiger partial charge in [-0.15, -0.1) is 0 Å². The standard InChI is InChI=1S/C65H37N3O.C45H27N3/c66-38-39-22-24-41(25-23-39)45-31-32-53-46-14-4-5-15-47(46)54-33-34-55(62(45)63(53)54)61-49-17-6-8-19-51(49)64(52-20-9-7-18-50(52)61)65-67-57(42-12-2-1-3-13-42)37-58(68-65)43-28-26-40(27-29-43)44-30-35-60-56(36-44)48-16-10-11-21-59(48)69-60;46-28-29-10-9-15-34(26-29)36-23-25-40-38-17-8-7-16-37(38)39-24-22-35(43(36)44(39)40)30-18-20-33(21-19-30)45-47-41(31-11-3-1-4-12-31)27-42(48-45)32-13-5-2-6-14-32/h1-37H;1-27H. The van der Waals surface area contributed by atoms with Crippen LogP contribution in [-0.4, -0.2) is 19.9 Å². The Balaban J connectivity index is 0.000000151. The zero-order valence-electron chi connectivity index (χ0n) is 63.0. The first-order chi connectivity index (χ1) is 57.9. The summed E-state index contributed by atoms with van der Waals surface area (Å²) in [7, 11) is 0. The number of para-hydroxylation sites is 1. The van der Waals surface area contributed by atoms with Crippen molar-refractivity contribution in [2.45, 2.75) is 0 Å². The molecule has 0 atom stereocenters. The number of furan rings is 1. The average molecular weight is 1490 g/mol. The molecule has 0 fully saturated rings. The lowest BCUT2D eigenvalue weighted by atomic mass is 9.83. The molecular weight excluding hydrogens is 1420 g/mol. The molecule has 0 spiro atoms. The highest BCUT2D eigenvalue weighted by Gasteiger charge is 2.30. The van der Waals surface area contributed by atoms with E-state index >= 15 is 0 Å². The summed E-state index contributed by atoms with van der Waals surface area (Å²) < 4.78 is 6.14. The number of hydrogen-bond donors (Lipinski definition) is 0. The van der Waals surface area contributed by atoms with Crippen LogP contribution >= 0.6 is 0 Å². The normalized spacial score (nSPS) is 11.6. The average Bonchev–Trinajstić information content (AvgIpc) is 1.64. The lowest BCUT2D eigenvalue weighted by Crippen LogP contribution is -1.99. The molecule has 0 aliphatic heterocycles. The van der Waals surface area contributed by atoms with E-state index in [-0.39, 0.29) is 0 Å². The van der Waals surface area contributed by atoms with Crippen LogP contribution in [0.15, 0.2) is 393 Å². The highest BCUT2D eigenvalue weighted by Crippen LogP contribution is 2.56. The second kappa shape index (κ2) is 28.0. The van der Waals surface area contributed by atoms with Gasteiger partial charge in [-0.3, -0.25) is 0 Å². The van der Waals surface area contributed by atoms with Crippen LogP contribution in [0.5, 0.6) is 0 Å². The van der Waals surface area contributed by atoms with Gasteiger partial charge in [0.1, 0.15) is 11.2 Å². The van der Waals surface area contributed by atoms with Gasteiger partial charge in [-0.1, -0.05) is 334 Å². The summed E-state index contributed by atoms with van der Waals surface area (Å²) in [5, 5.41) is 30.9. The maximum atomic E-state index is 9.73. The van der Waals surface area contributed by atoms with Gasteiger partial charge in [0, 0.05) is 44.2 Å². The van der Waals surface area contributed by atoms with Crippen molar-refractivity contribution < 1.29 is 4.42 Å². The van der Waals surface area contributed by atoms with E-state index in [2.05, 4.69) is 315 Å². The van der Waals surface area contributed by atoms with Gasteiger partial charge in [0.05, 0.1) is 46.0 Å². The fourth-order valence-electron chi connectivity index (χ4n) is 18.0. The Bertz CT molecular complexity index is 7560. The monoisotopic (exact) mass is 1480 g/mol. The highest BCUT2D eigenvalue weighted by molar-refractivity contribution is 6.29. The first kappa shape index (κ1) is 67.8. The molecule has 7 heteroatoms. The van der Waals surface area contributed by atoms with Gasteiger partial charge in [0.2, 0.25) is 0 Å². The number of aromatic nitrogens is 4. The summed E-state index contributed by atoms with van der Waals surface area (Å²) >= 11 is 0. The van der Waals surface area contributed by atoms with Gasteiger partial charge in [0.15, 0.2) is 11.6 Å². The summed E-state index contributed by atoms with van der Waals surface area (Å²) in [6.45, 7) is 0. The highest BCUT2D eigenvalue weighted by atomic mass is 16.3. The molecule has 18 aromatic carbocycles. The Morgan fingerprint density at radius 2 is 0.530 bits per heavy atom. The smallest absolute Gasteiger partial charge is 0.161 e. The number of nitrogens with zero attached hydrogens (tertiary/aromatic N) is 6. The van der Waals surface area contributed by atoms with Crippen molar-refractivity contribution in [3.63, 3.8) is 0 Å². The van der Waals surface area contributed by atoms with Crippen LogP contribution in [0, 0.1) is 22.7 Å². The minimum Gasteiger partial charge on any atom is -0.456 e. The third-order valence-corrected chi connectivity index (χ3v) is 23.4. The van der Waals surface area contributed by atoms with Crippen molar-refractivity contribution in [3.8, 4) is 180 Å². The number of fused-ring (bicyclic) bond motifs is 11. The van der Waals surface area contributed by atoms with Crippen molar-refractivity contribution in [1.82, 2.24) is 19.9 Å². The van der Waals surface area contributed by atoms with E-state index in [0.29, 0.717) is 22.8 Å². The van der Waals surface area contributed by atoms with E-state index < -0.39 is 0 Å². The molecule has 0 unspecified atom stereocenters. The molecule has 0 amide bonds. The van der Waals surface area contributed by atoms with Gasteiger partial charge in [-0.05, 0) is 198 Å². The molecule has 23 rings (SSSR count). The molecule has 0 saturated heterocycles. The number of hydrogen-bond acceptors (Lipinski definition) is 7. The maximum Gasteiger partial charge on any atom is 0.161 e. The second-order valence-electron chi connectivity index (χ2n) is 29.9. The predicted molar refractivity (Wildman–Crippen MR) is 479 cm³/mol. The van der Waals surface area contributed by atoms with Crippen LogP contribution in [0.2, 0.25) is 0 Å². The van der Waals surface area contributed by atoms with Crippen molar-refractivity contribution in [2.75, 3.05) is 0 Å². The van der Waals surface area contributed by atoms with Crippen molar-refractivity contribution >= 4 is 65.0 Å². The molecule has 0 saturated carbocycles. The molecule has 7 nitrogen and oxygen atoms in total. The summed E-state index contributed by atoms with van der Waals surface area (Å²) in [4.78, 5) is 21.0. The van der Waals surface area contributed by atoms with Crippen LogP contribution in [0.25, 0.3) is 233 Å². The van der Waals surface area contributed by atoms with Crippen LogP contribution in [0.3, 0.4) is 0 Å². The third kappa shape index (κ3) is 11.6. The van der Waals surface area contributed by atoms with Crippen LogP contribution in [0.4, 0.5) is 0 Å². The Kier molecular flexibility index (Phi) is 16.2. The lowest BCUT2D eigenvalue weighted by Gasteiger charge is -2.20. The summed E-state index contributed by atoms with van der Waals surface area (Å²) in [6, 6.07) is 141. The lowest BCUT2D eigenvalue weighted by molar-refractivity contribution is 0.669. The van der Waals surface area contributed by atoms with Crippen molar-refractivity contribution in [1.29, 1.82) is 10.5 Å². The molecule has 3 heterocycles. The molecule has 0 N–H and O–H groups in total. The van der Waals surface area contributed by atoms with Crippen molar-refractivity contribution in [3.05, 3.63) is 399 Å². The number of benzene rings is 18. The minimum absolute atomic E-state index is 0.640. The third-order valence-electron chi connectivity index (χ3n) is 23.4. The second-order valence-corrected chi connectivity index (χ2v) is 29.9. The zero-order chi connectivity index (χ0) is 77.6. The minimum atomic E-state index is 0.640.